The molecule has 4 rings (SSSR count). The summed E-state index contributed by atoms with van der Waals surface area (Å²) >= 11 is 0. The maximum Gasteiger partial charge on any atom is 0.311 e. The number of fused-ring (bicyclic) bond motifs is 1. The summed E-state index contributed by atoms with van der Waals surface area (Å²) in [4.78, 5) is 12.0. The van der Waals surface area contributed by atoms with E-state index in [1.54, 1.807) is 34.5 Å². The maximum absolute atomic E-state index is 12.2. The molecule has 0 bridgehead atoms. The van der Waals surface area contributed by atoms with Crippen LogP contribution in [0.3, 0.4) is 0 Å². The first kappa shape index (κ1) is 33.7. The number of ether oxygens (including phenoxy) is 5. The van der Waals surface area contributed by atoms with E-state index >= 15 is 0 Å². The van der Waals surface area contributed by atoms with E-state index in [0.717, 1.165) is 35.2 Å². The normalized spacial score (nSPS) is 17.5. The topological polar surface area (TPSA) is 120 Å². The SMILES string of the molecule is CCOC(=O)CC[N@@+]1(C)CCc2cc(OC)c(OC)cc2[C@H]1Cc1ccc(OC)c(OC)c1.O=S(=O)([O-])c1ccccc1. The Balaban J connectivity index is 0.000000428. The smallest absolute Gasteiger partial charge is 0.311 e. The highest BCUT2D eigenvalue weighted by atomic mass is 32.2. The van der Waals surface area contributed by atoms with Gasteiger partial charge in [0.2, 0.25) is 0 Å². The summed E-state index contributed by atoms with van der Waals surface area (Å²) in [7, 11) is 4.58. The number of nitrogens with zero attached hydrogens (tertiary/aromatic N) is 1. The van der Waals surface area contributed by atoms with Crippen LogP contribution in [0.15, 0.2) is 65.6 Å². The quantitative estimate of drug-likeness (QED) is 0.174. The Morgan fingerprint density at radius 1 is 0.884 bits per heavy atom. The van der Waals surface area contributed by atoms with E-state index in [2.05, 4.69) is 25.2 Å². The molecular formula is C32H41NO9S. The lowest BCUT2D eigenvalue weighted by molar-refractivity contribution is -0.940. The molecule has 0 unspecified atom stereocenters. The summed E-state index contributed by atoms with van der Waals surface area (Å²) in [6.07, 6.45) is 2.06. The number of hydrogen-bond donors (Lipinski definition) is 0. The van der Waals surface area contributed by atoms with Gasteiger partial charge in [-0.3, -0.25) is 4.79 Å². The summed E-state index contributed by atoms with van der Waals surface area (Å²) in [5.41, 5.74) is 3.62. The number of benzene rings is 3. The standard InChI is InChI=1S/C26H36NO6.C6H6O3S/c1-7-33-26(28)11-13-27(2)12-10-19-16-24(31-5)25(32-6)17-20(19)21(27)14-18-8-9-22(29-3)23(15-18)30-4;7-10(8,9)6-4-2-1-3-5-6/h8-9,15-17,21H,7,10-14H2,1-6H3;1-5H,(H,7,8,9)/q+1;/p-1/t21-,27-;/m1./s1. The molecule has 0 aromatic heterocycles. The van der Waals surface area contributed by atoms with Crippen molar-refractivity contribution in [3.8, 4) is 23.0 Å². The molecule has 3 aromatic carbocycles. The van der Waals surface area contributed by atoms with Gasteiger partial charge in [-0.25, -0.2) is 8.42 Å². The summed E-state index contributed by atoms with van der Waals surface area (Å²) < 4.78 is 58.9. The largest absolute Gasteiger partial charge is 0.744 e. The molecule has 1 aliphatic rings. The van der Waals surface area contributed by atoms with Crippen LogP contribution in [-0.4, -0.2) is 78.6 Å². The van der Waals surface area contributed by atoms with E-state index in [4.69, 9.17) is 23.7 Å². The third-order valence-electron chi connectivity index (χ3n) is 7.69. The second kappa shape index (κ2) is 15.1. The summed E-state index contributed by atoms with van der Waals surface area (Å²) in [6, 6.07) is 17.5. The van der Waals surface area contributed by atoms with Crippen molar-refractivity contribution >= 4 is 16.1 Å². The zero-order valence-corrected chi connectivity index (χ0v) is 26.4. The van der Waals surface area contributed by atoms with Gasteiger partial charge in [-0.1, -0.05) is 24.3 Å². The van der Waals surface area contributed by atoms with Crippen LogP contribution < -0.4 is 18.9 Å². The Morgan fingerprint density at radius 2 is 1.49 bits per heavy atom. The van der Waals surface area contributed by atoms with Gasteiger partial charge in [0.15, 0.2) is 23.0 Å². The summed E-state index contributed by atoms with van der Waals surface area (Å²) in [5.74, 6) is 2.71. The van der Waals surface area contributed by atoms with Gasteiger partial charge in [0.05, 0.1) is 66.5 Å². The lowest BCUT2D eigenvalue weighted by atomic mass is 9.86. The lowest BCUT2D eigenvalue weighted by Crippen LogP contribution is -2.53. The number of carbonyl (C=O) groups excluding carboxylic acids is 1. The Morgan fingerprint density at radius 3 is 2.05 bits per heavy atom. The average molecular weight is 616 g/mol. The first-order valence-electron chi connectivity index (χ1n) is 14.0. The van der Waals surface area contributed by atoms with Crippen molar-refractivity contribution in [2.24, 2.45) is 0 Å². The van der Waals surface area contributed by atoms with Crippen molar-refractivity contribution in [2.45, 2.75) is 37.1 Å². The molecule has 2 atom stereocenters. The minimum atomic E-state index is -4.25. The van der Waals surface area contributed by atoms with Crippen LogP contribution in [0.2, 0.25) is 0 Å². The number of likely N-dealkylation sites (N-methyl/N-ethyl adjacent to an activating group) is 1. The number of rotatable bonds is 11. The second-order valence-electron chi connectivity index (χ2n) is 10.3. The zero-order valence-electron chi connectivity index (χ0n) is 25.6. The van der Waals surface area contributed by atoms with Crippen LogP contribution in [0, 0.1) is 0 Å². The molecule has 10 nitrogen and oxygen atoms in total. The molecular weight excluding hydrogens is 574 g/mol. The van der Waals surface area contributed by atoms with Crippen LogP contribution >= 0.6 is 0 Å². The van der Waals surface area contributed by atoms with Crippen LogP contribution in [-0.2, 0) is 32.5 Å². The molecule has 0 radical (unpaired) electrons. The molecule has 0 amide bonds. The average Bonchev–Trinajstić information content (AvgIpc) is 3.01. The minimum Gasteiger partial charge on any atom is -0.744 e. The predicted octanol–water partition coefficient (Wildman–Crippen LogP) is 4.55. The minimum absolute atomic E-state index is 0.126. The monoisotopic (exact) mass is 615 g/mol. The molecule has 1 heterocycles. The van der Waals surface area contributed by atoms with Crippen LogP contribution in [0.25, 0.3) is 0 Å². The van der Waals surface area contributed by atoms with Crippen LogP contribution in [0.5, 0.6) is 23.0 Å². The van der Waals surface area contributed by atoms with Gasteiger partial charge in [-0.2, -0.15) is 0 Å². The van der Waals surface area contributed by atoms with E-state index in [9.17, 15) is 17.8 Å². The molecule has 0 N–H and O–H groups in total. The van der Waals surface area contributed by atoms with Crippen molar-refractivity contribution in [2.75, 3.05) is 55.2 Å². The maximum atomic E-state index is 12.2. The Kier molecular flexibility index (Phi) is 11.8. The molecule has 234 valence electrons. The Labute approximate surface area is 254 Å². The number of methoxy groups -OCH3 is 4. The molecule has 0 spiro atoms. The second-order valence-corrected chi connectivity index (χ2v) is 11.7. The third-order valence-corrected chi connectivity index (χ3v) is 8.54. The van der Waals surface area contributed by atoms with Crippen molar-refractivity contribution in [1.82, 2.24) is 0 Å². The Bertz CT molecular complexity index is 1480. The molecule has 0 aliphatic carbocycles. The predicted molar refractivity (Wildman–Crippen MR) is 161 cm³/mol. The zero-order chi connectivity index (χ0) is 31.6. The Hall–Kier alpha value is -3.80. The number of carbonyl (C=O) groups is 1. The van der Waals surface area contributed by atoms with Crippen molar-refractivity contribution in [1.29, 1.82) is 0 Å². The van der Waals surface area contributed by atoms with Gasteiger partial charge in [0.1, 0.15) is 16.2 Å². The van der Waals surface area contributed by atoms with E-state index in [-0.39, 0.29) is 16.9 Å². The molecule has 0 fully saturated rings. The highest BCUT2D eigenvalue weighted by molar-refractivity contribution is 7.85. The van der Waals surface area contributed by atoms with Gasteiger partial charge in [-0.15, -0.1) is 0 Å². The number of quaternary nitrogens is 1. The van der Waals surface area contributed by atoms with Crippen LogP contribution in [0.1, 0.15) is 36.1 Å². The van der Waals surface area contributed by atoms with Crippen molar-refractivity contribution in [3.05, 3.63) is 77.4 Å². The van der Waals surface area contributed by atoms with E-state index in [1.165, 1.54) is 35.4 Å². The molecule has 11 heteroatoms. The molecule has 3 aromatic rings. The number of esters is 1. The van der Waals surface area contributed by atoms with Crippen molar-refractivity contribution in [3.63, 3.8) is 0 Å². The molecule has 0 saturated carbocycles. The third kappa shape index (κ3) is 8.62. The van der Waals surface area contributed by atoms with E-state index in [1.807, 2.05) is 19.1 Å². The highest BCUT2D eigenvalue weighted by Gasteiger charge is 2.40. The first-order valence-corrected chi connectivity index (χ1v) is 15.4. The van der Waals surface area contributed by atoms with Gasteiger partial charge < -0.3 is 32.7 Å². The summed E-state index contributed by atoms with van der Waals surface area (Å²) in [6.45, 7) is 3.85. The molecule has 0 saturated heterocycles. The van der Waals surface area contributed by atoms with E-state index in [0.29, 0.717) is 36.8 Å². The highest BCUT2D eigenvalue weighted by Crippen LogP contribution is 2.43. The van der Waals surface area contributed by atoms with Gasteiger partial charge in [0, 0.05) is 18.4 Å². The van der Waals surface area contributed by atoms with Gasteiger partial charge in [0.25, 0.3) is 0 Å². The lowest BCUT2D eigenvalue weighted by Gasteiger charge is -2.46. The van der Waals surface area contributed by atoms with Crippen molar-refractivity contribution < 1.29 is 45.9 Å². The fourth-order valence-electron chi connectivity index (χ4n) is 5.33. The van der Waals surface area contributed by atoms with Crippen LogP contribution in [0.4, 0.5) is 0 Å². The van der Waals surface area contributed by atoms with E-state index < -0.39 is 10.1 Å². The molecule has 43 heavy (non-hydrogen) atoms. The summed E-state index contributed by atoms with van der Waals surface area (Å²) in [5, 5.41) is 0. The first-order chi connectivity index (χ1) is 20.5. The fourth-order valence-corrected chi connectivity index (χ4v) is 5.82. The molecule has 1 aliphatic heterocycles. The van der Waals surface area contributed by atoms with Gasteiger partial charge in [-0.05, 0) is 54.4 Å². The fraction of sp³-hybridized carbons (Fsp3) is 0.406. The number of hydrogen-bond acceptors (Lipinski definition) is 9. The van der Waals surface area contributed by atoms with Gasteiger partial charge >= 0.3 is 5.97 Å².